The number of aliphatic imine (C=N–C) groups is 1. The minimum Gasteiger partial charge on any atom is -0.353 e. The van der Waals surface area contributed by atoms with Crippen LogP contribution in [0.25, 0.3) is 0 Å². The molecular formula is C14H18F3N3O2S. The lowest BCUT2D eigenvalue weighted by atomic mass is 10.1. The zero-order valence-electron chi connectivity index (χ0n) is 12.5. The van der Waals surface area contributed by atoms with Gasteiger partial charge >= 0.3 is 6.18 Å². The van der Waals surface area contributed by atoms with Gasteiger partial charge in [0.1, 0.15) is 0 Å². The Balaban J connectivity index is 1.94. The monoisotopic (exact) mass is 349 g/mol. The second-order valence-corrected chi connectivity index (χ2v) is 7.60. The van der Waals surface area contributed by atoms with Gasteiger partial charge in [-0.15, -0.1) is 0 Å². The summed E-state index contributed by atoms with van der Waals surface area (Å²) >= 11 is 0. The Bertz CT molecular complexity index is 687. The molecule has 128 valence electrons. The first-order valence-corrected chi connectivity index (χ1v) is 8.85. The number of hydrogen-bond donors (Lipinski definition) is 2. The Labute approximate surface area is 132 Å². The summed E-state index contributed by atoms with van der Waals surface area (Å²) in [5.74, 6) is 0.538. The molecule has 1 saturated heterocycles. The van der Waals surface area contributed by atoms with E-state index in [1.54, 1.807) is 6.07 Å². The Kier molecular flexibility index (Phi) is 5.18. The van der Waals surface area contributed by atoms with Crippen LogP contribution < -0.4 is 10.6 Å². The van der Waals surface area contributed by atoms with E-state index in [0.717, 1.165) is 12.1 Å². The van der Waals surface area contributed by atoms with Gasteiger partial charge in [-0.25, -0.2) is 8.42 Å². The van der Waals surface area contributed by atoms with Crippen LogP contribution in [0.4, 0.5) is 13.2 Å². The van der Waals surface area contributed by atoms with E-state index in [4.69, 9.17) is 0 Å². The number of nitrogens with one attached hydrogen (secondary N) is 2. The van der Waals surface area contributed by atoms with Crippen LogP contribution in [0, 0.1) is 0 Å². The van der Waals surface area contributed by atoms with E-state index < -0.39 is 21.6 Å². The molecule has 5 nitrogen and oxygen atoms in total. The number of nitrogens with zero attached hydrogens (tertiary/aromatic N) is 1. The highest BCUT2D eigenvalue weighted by molar-refractivity contribution is 7.91. The second kappa shape index (κ2) is 6.77. The van der Waals surface area contributed by atoms with Crippen molar-refractivity contribution in [2.24, 2.45) is 4.99 Å². The van der Waals surface area contributed by atoms with Gasteiger partial charge in [0.15, 0.2) is 15.8 Å². The molecule has 1 aliphatic heterocycles. The molecule has 0 aromatic heterocycles. The zero-order chi connectivity index (χ0) is 17.1. The van der Waals surface area contributed by atoms with E-state index in [2.05, 4.69) is 15.6 Å². The fourth-order valence-corrected chi connectivity index (χ4v) is 4.01. The highest BCUT2D eigenvalue weighted by atomic mass is 32.2. The van der Waals surface area contributed by atoms with E-state index in [0.29, 0.717) is 17.9 Å². The molecule has 9 heteroatoms. The van der Waals surface area contributed by atoms with Gasteiger partial charge in [-0.2, -0.15) is 13.2 Å². The molecule has 0 bridgehead atoms. The van der Waals surface area contributed by atoms with Gasteiger partial charge < -0.3 is 10.6 Å². The van der Waals surface area contributed by atoms with Gasteiger partial charge in [-0.05, 0) is 24.1 Å². The molecule has 1 unspecified atom stereocenters. The van der Waals surface area contributed by atoms with E-state index in [9.17, 15) is 21.6 Å². The summed E-state index contributed by atoms with van der Waals surface area (Å²) in [5.41, 5.74) is -0.247. The van der Waals surface area contributed by atoms with Gasteiger partial charge in [-0.1, -0.05) is 12.1 Å². The number of rotatable bonds is 3. The number of hydrogen-bond acceptors (Lipinski definition) is 3. The average molecular weight is 349 g/mol. The molecule has 2 N–H and O–H groups in total. The summed E-state index contributed by atoms with van der Waals surface area (Å²) in [6.07, 6.45) is -3.89. The highest BCUT2D eigenvalue weighted by Gasteiger charge is 2.30. The van der Waals surface area contributed by atoms with Crippen LogP contribution >= 0.6 is 0 Å². The number of alkyl halides is 3. The summed E-state index contributed by atoms with van der Waals surface area (Å²) < 4.78 is 60.8. The standard InChI is InChI=1S/C14H18F3N3O2S/c1-18-13(20-12-5-6-23(21,22)9-12)19-8-10-3-2-4-11(7-10)14(15,16)17/h2-4,7,12H,5-6,8-9H2,1H3,(H2,18,19,20). The lowest BCUT2D eigenvalue weighted by molar-refractivity contribution is -0.137. The molecule has 2 rings (SSSR count). The molecule has 1 fully saturated rings. The lowest BCUT2D eigenvalue weighted by Crippen LogP contribution is -2.43. The van der Waals surface area contributed by atoms with Crippen molar-refractivity contribution in [1.29, 1.82) is 0 Å². The third-order valence-corrected chi connectivity index (χ3v) is 5.28. The zero-order valence-corrected chi connectivity index (χ0v) is 13.3. The lowest BCUT2D eigenvalue weighted by Gasteiger charge is -2.16. The van der Waals surface area contributed by atoms with E-state index in [-0.39, 0.29) is 24.1 Å². The molecule has 0 aliphatic carbocycles. The fraction of sp³-hybridized carbons (Fsp3) is 0.500. The number of sulfone groups is 1. The van der Waals surface area contributed by atoms with Gasteiger partial charge in [0.05, 0.1) is 17.1 Å². The smallest absolute Gasteiger partial charge is 0.353 e. The van der Waals surface area contributed by atoms with Crippen molar-refractivity contribution in [1.82, 2.24) is 10.6 Å². The SMILES string of the molecule is CN=C(NCc1cccc(C(F)(F)F)c1)NC1CCS(=O)(=O)C1. The van der Waals surface area contributed by atoms with Crippen LogP contribution in [0.3, 0.4) is 0 Å². The first-order chi connectivity index (χ1) is 10.7. The first-order valence-electron chi connectivity index (χ1n) is 7.03. The van der Waals surface area contributed by atoms with Crippen molar-refractivity contribution >= 4 is 15.8 Å². The van der Waals surface area contributed by atoms with Crippen molar-refractivity contribution in [3.63, 3.8) is 0 Å². The minimum atomic E-state index is -4.38. The molecule has 0 amide bonds. The van der Waals surface area contributed by atoms with Gasteiger partial charge in [-0.3, -0.25) is 4.99 Å². The first kappa shape index (κ1) is 17.6. The normalized spacial score (nSPS) is 21.2. The van der Waals surface area contributed by atoms with Crippen LogP contribution in [0.2, 0.25) is 0 Å². The largest absolute Gasteiger partial charge is 0.416 e. The Morgan fingerprint density at radius 1 is 1.39 bits per heavy atom. The Hall–Kier alpha value is -1.77. The van der Waals surface area contributed by atoms with Crippen molar-refractivity contribution < 1.29 is 21.6 Å². The molecular weight excluding hydrogens is 331 g/mol. The molecule has 0 saturated carbocycles. The maximum atomic E-state index is 12.7. The van der Waals surface area contributed by atoms with Crippen molar-refractivity contribution in [2.75, 3.05) is 18.6 Å². The summed E-state index contributed by atoms with van der Waals surface area (Å²) in [4.78, 5) is 3.96. The van der Waals surface area contributed by atoms with Crippen LogP contribution in [0.1, 0.15) is 17.5 Å². The molecule has 1 aromatic rings. The van der Waals surface area contributed by atoms with Crippen molar-refractivity contribution in [3.05, 3.63) is 35.4 Å². The van der Waals surface area contributed by atoms with E-state index in [1.807, 2.05) is 0 Å². The number of benzene rings is 1. The highest BCUT2D eigenvalue weighted by Crippen LogP contribution is 2.29. The van der Waals surface area contributed by atoms with E-state index in [1.165, 1.54) is 13.1 Å². The maximum Gasteiger partial charge on any atom is 0.416 e. The molecule has 1 aromatic carbocycles. The molecule has 23 heavy (non-hydrogen) atoms. The van der Waals surface area contributed by atoms with Crippen LogP contribution in [-0.2, 0) is 22.6 Å². The van der Waals surface area contributed by atoms with Crippen LogP contribution in [-0.4, -0.2) is 39.0 Å². The van der Waals surface area contributed by atoms with Crippen molar-refractivity contribution in [3.8, 4) is 0 Å². The molecule has 1 atom stereocenters. The van der Waals surface area contributed by atoms with Gasteiger partial charge in [0, 0.05) is 19.6 Å². The summed E-state index contributed by atoms with van der Waals surface area (Å²) in [6.45, 7) is 0.156. The minimum absolute atomic E-state index is 0.0389. The molecule has 0 spiro atoms. The summed E-state index contributed by atoms with van der Waals surface area (Å²) in [7, 11) is -1.49. The predicted molar refractivity (Wildman–Crippen MR) is 81.8 cm³/mol. The summed E-state index contributed by atoms with van der Waals surface area (Å²) in [5, 5.41) is 5.87. The third kappa shape index (κ3) is 5.12. The number of guanidine groups is 1. The molecule has 0 radical (unpaired) electrons. The summed E-state index contributed by atoms with van der Waals surface area (Å²) in [6, 6.07) is 4.78. The Morgan fingerprint density at radius 2 is 2.13 bits per heavy atom. The van der Waals surface area contributed by atoms with Crippen LogP contribution in [0.15, 0.2) is 29.3 Å². The average Bonchev–Trinajstić information content (AvgIpc) is 2.82. The predicted octanol–water partition coefficient (Wildman–Crippen LogP) is 1.56. The molecule has 1 heterocycles. The van der Waals surface area contributed by atoms with Crippen molar-refractivity contribution in [2.45, 2.75) is 25.2 Å². The quantitative estimate of drug-likeness (QED) is 0.642. The Morgan fingerprint density at radius 3 is 2.70 bits per heavy atom. The topological polar surface area (TPSA) is 70.6 Å². The van der Waals surface area contributed by atoms with Gasteiger partial charge in [0.25, 0.3) is 0 Å². The van der Waals surface area contributed by atoms with E-state index >= 15 is 0 Å². The van der Waals surface area contributed by atoms with Crippen LogP contribution in [0.5, 0.6) is 0 Å². The number of halogens is 3. The fourth-order valence-electron chi connectivity index (χ4n) is 2.34. The second-order valence-electron chi connectivity index (χ2n) is 5.37. The maximum absolute atomic E-state index is 12.7. The van der Waals surface area contributed by atoms with Gasteiger partial charge in [0.2, 0.25) is 0 Å². The third-order valence-electron chi connectivity index (χ3n) is 3.51. The molecule has 1 aliphatic rings.